The first-order chi connectivity index (χ1) is 4.20. The van der Waals surface area contributed by atoms with E-state index in [-0.39, 0.29) is 18.6 Å². The highest BCUT2D eigenvalue weighted by molar-refractivity contribution is 5.74. The van der Waals surface area contributed by atoms with E-state index in [1.165, 1.54) is 0 Å². The lowest BCUT2D eigenvalue weighted by molar-refractivity contribution is 0.252. The predicted octanol–water partition coefficient (Wildman–Crippen LogP) is -0.760. The minimum Gasteiger partial charge on any atom is -0.394 e. The van der Waals surface area contributed by atoms with Crippen LogP contribution in [0.5, 0.6) is 0 Å². The van der Waals surface area contributed by atoms with Crippen molar-refractivity contribution in [1.82, 2.24) is 5.32 Å². The average Bonchev–Trinajstić information content (AvgIpc) is 1.82. The average molecular weight is 131 g/mol. The number of hydrogen-bond acceptors (Lipinski definition) is 2. The van der Waals surface area contributed by atoms with Crippen LogP contribution >= 0.6 is 0 Å². The Morgan fingerprint density at radius 2 is 2.44 bits per heavy atom. The molecule has 54 valence electrons. The molecule has 0 spiro atoms. The fourth-order valence-corrected chi connectivity index (χ4v) is 0.497. The van der Waals surface area contributed by atoms with Gasteiger partial charge in [0.05, 0.1) is 12.6 Å². The van der Waals surface area contributed by atoms with Crippen molar-refractivity contribution in [2.45, 2.75) is 19.4 Å². The molecule has 0 aliphatic carbocycles. The molecule has 0 saturated heterocycles. The molecule has 9 heavy (non-hydrogen) atoms. The fraction of sp³-hybridized carbons (Fsp3) is 0.800. The maximum Gasteiger partial charge on any atom is 0.186 e. The number of rotatable bonds is 3. The Kier molecular flexibility index (Phi) is 3.79. The number of aliphatic hydroxyl groups excluding tert-OH is 1. The summed E-state index contributed by atoms with van der Waals surface area (Å²) in [6, 6.07) is -0.0671. The third kappa shape index (κ3) is 3.78. The molecule has 0 aromatic carbocycles. The van der Waals surface area contributed by atoms with Crippen LogP contribution in [0.1, 0.15) is 13.3 Å². The largest absolute Gasteiger partial charge is 0.394 e. The van der Waals surface area contributed by atoms with Gasteiger partial charge in [-0.2, -0.15) is 0 Å². The lowest BCUT2D eigenvalue weighted by Crippen LogP contribution is -2.40. The van der Waals surface area contributed by atoms with E-state index in [2.05, 4.69) is 5.32 Å². The minimum atomic E-state index is -0.0871. The molecule has 0 fully saturated rings. The first-order valence-electron chi connectivity index (χ1n) is 2.92. The van der Waals surface area contributed by atoms with E-state index in [1.54, 1.807) is 0 Å². The van der Waals surface area contributed by atoms with Gasteiger partial charge in [0.2, 0.25) is 0 Å². The smallest absolute Gasteiger partial charge is 0.186 e. The van der Waals surface area contributed by atoms with Gasteiger partial charge in [0.1, 0.15) is 0 Å². The summed E-state index contributed by atoms with van der Waals surface area (Å²) in [4.78, 5) is 0. The predicted molar refractivity (Wildman–Crippen MR) is 36.2 cm³/mol. The summed E-state index contributed by atoms with van der Waals surface area (Å²) in [7, 11) is 0. The van der Waals surface area contributed by atoms with Gasteiger partial charge < -0.3 is 16.2 Å². The fourth-order valence-electron chi connectivity index (χ4n) is 0.497. The lowest BCUT2D eigenvalue weighted by atomic mass is 10.2. The van der Waals surface area contributed by atoms with Crippen molar-refractivity contribution in [3.63, 3.8) is 0 Å². The van der Waals surface area contributed by atoms with E-state index in [4.69, 9.17) is 16.2 Å². The molecular formula is C5H13N3O. The number of guanidine groups is 1. The summed E-state index contributed by atoms with van der Waals surface area (Å²) >= 11 is 0. The maximum atomic E-state index is 8.56. The second kappa shape index (κ2) is 4.14. The monoisotopic (exact) mass is 131 g/mol. The molecule has 0 heterocycles. The summed E-state index contributed by atoms with van der Waals surface area (Å²) < 4.78 is 0. The Hall–Kier alpha value is -0.770. The molecular weight excluding hydrogens is 118 g/mol. The van der Waals surface area contributed by atoms with Crippen LogP contribution in [-0.4, -0.2) is 23.7 Å². The first-order valence-corrected chi connectivity index (χ1v) is 2.92. The molecule has 5 N–H and O–H groups in total. The van der Waals surface area contributed by atoms with Gasteiger partial charge in [-0.05, 0) is 6.42 Å². The van der Waals surface area contributed by atoms with Crippen molar-refractivity contribution in [3.8, 4) is 0 Å². The third-order valence-corrected chi connectivity index (χ3v) is 1.07. The highest BCUT2D eigenvalue weighted by Gasteiger charge is 2.01. The normalized spacial score (nSPS) is 12.7. The molecule has 0 bridgehead atoms. The highest BCUT2D eigenvalue weighted by atomic mass is 16.3. The highest BCUT2D eigenvalue weighted by Crippen LogP contribution is 1.85. The summed E-state index contributed by atoms with van der Waals surface area (Å²) in [5, 5.41) is 17.9. The van der Waals surface area contributed by atoms with Gasteiger partial charge in [-0.3, -0.25) is 5.41 Å². The van der Waals surface area contributed by atoms with Gasteiger partial charge in [-0.15, -0.1) is 0 Å². The van der Waals surface area contributed by atoms with Gasteiger partial charge >= 0.3 is 0 Å². The van der Waals surface area contributed by atoms with Crippen LogP contribution in [0, 0.1) is 5.41 Å². The van der Waals surface area contributed by atoms with Gasteiger partial charge in [0, 0.05) is 0 Å². The molecule has 0 aromatic rings. The van der Waals surface area contributed by atoms with Crippen molar-refractivity contribution in [1.29, 1.82) is 5.41 Å². The van der Waals surface area contributed by atoms with Crippen molar-refractivity contribution in [3.05, 3.63) is 0 Å². The lowest BCUT2D eigenvalue weighted by Gasteiger charge is -2.12. The Labute approximate surface area is 54.6 Å². The topological polar surface area (TPSA) is 82.1 Å². The van der Waals surface area contributed by atoms with E-state index < -0.39 is 0 Å². The maximum absolute atomic E-state index is 8.56. The molecule has 4 heteroatoms. The van der Waals surface area contributed by atoms with E-state index in [1.807, 2.05) is 6.92 Å². The Morgan fingerprint density at radius 3 is 2.56 bits per heavy atom. The number of nitrogens with two attached hydrogens (primary N) is 1. The van der Waals surface area contributed by atoms with Crippen LogP contribution in [0.15, 0.2) is 0 Å². The zero-order valence-corrected chi connectivity index (χ0v) is 5.52. The van der Waals surface area contributed by atoms with Gasteiger partial charge in [0.15, 0.2) is 5.96 Å². The summed E-state index contributed by atoms with van der Waals surface area (Å²) in [6.45, 7) is 1.94. The molecule has 4 nitrogen and oxygen atoms in total. The van der Waals surface area contributed by atoms with Crippen LogP contribution in [0.2, 0.25) is 0 Å². The second-order valence-corrected chi connectivity index (χ2v) is 1.85. The molecule has 0 aliphatic heterocycles. The number of hydrogen-bond donors (Lipinski definition) is 4. The molecule has 1 atom stereocenters. The van der Waals surface area contributed by atoms with E-state index >= 15 is 0 Å². The molecule has 0 radical (unpaired) electrons. The third-order valence-electron chi connectivity index (χ3n) is 1.07. The molecule has 0 rings (SSSR count). The molecule has 0 amide bonds. The number of nitrogens with one attached hydrogen (secondary N) is 2. The molecule has 0 aromatic heterocycles. The van der Waals surface area contributed by atoms with Crippen LogP contribution in [-0.2, 0) is 0 Å². The van der Waals surface area contributed by atoms with Crippen molar-refractivity contribution >= 4 is 5.96 Å². The van der Waals surface area contributed by atoms with Crippen LogP contribution in [0.3, 0.4) is 0 Å². The van der Waals surface area contributed by atoms with E-state index in [0.717, 1.165) is 6.42 Å². The van der Waals surface area contributed by atoms with Gasteiger partial charge in [-0.25, -0.2) is 0 Å². The van der Waals surface area contributed by atoms with Crippen molar-refractivity contribution in [2.75, 3.05) is 6.61 Å². The first kappa shape index (κ1) is 8.23. The Morgan fingerprint density at radius 1 is 1.89 bits per heavy atom. The van der Waals surface area contributed by atoms with Gasteiger partial charge in [-0.1, -0.05) is 6.92 Å². The zero-order chi connectivity index (χ0) is 7.28. The van der Waals surface area contributed by atoms with E-state index in [0.29, 0.717) is 0 Å². The quantitative estimate of drug-likeness (QED) is 0.300. The van der Waals surface area contributed by atoms with Crippen molar-refractivity contribution in [2.24, 2.45) is 5.73 Å². The molecule has 1 unspecified atom stereocenters. The SMILES string of the molecule is CCC(CO)NC(=N)N. The minimum absolute atomic E-state index is 0.0239. The standard InChI is InChI=1S/C5H13N3O/c1-2-4(3-9)8-5(6)7/h4,9H,2-3H2,1H3,(H4,6,7,8). The Balaban J connectivity index is 3.43. The summed E-state index contributed by atoms with van der Waals surface area (Å²) in [5.41, 5.74) is 5.01. The molecule has 0 saturated carbocycles. The molecule has 0 aliphatic rings. The number of aliphatic hydroxyl groups is 1. The second-order valence-electron chi connectivity index (χ2n) is 1.85. The van der Waals surface area contributed by atoms with Crippen molar-refractivity contribution < 1.29 is 5.11 Å². The van der Waals surface area contributed by atoms with E-state index in [9.17, 15) is 0 Å². The summed E-state index contributed by atoms with van der Waals surface area (Å²) in [6.07, 6.45) is 0.774. The Bertz CT molecular complexity index is 90.2. The summed E-state index contributed by atoms with van der Waals surface area (Å²) in [5.74, 6) is -0.0871. The van der Waals surface area contributed by atoms with Gasteiger partial charge in [0.25, 0.3) is 0 Å². The van der Waals surface area contributed by atoms with Crippen LogP contribution < -0.4 is 11.1 Å². The van der Waals surface area contributed by atoms with Crippen LogP contribution in [0.25, 0.3) is 0 Å². The van der Waals surface area contributed by atoms with Crippen LogP contribution in [0.4, 0.5) is 0 Å². The zero-order valence-electron chi connectivity index (χ0n) is 5.52.